The fourth-order valence-corrected chi connectivity index (χ4v) is 3.81. The summed E-state index contributed by atoms with van der Waals surface area (Å²) in [7, 11) is 1.28. The number of hydrogen-bond donors (Lipinski definition) is 1. The molecule has 4 nitrogen and oxygen atoms in total. The molecule has 1 fully saturated rings. The number of halogens is 1. The van der Waals surface area contributed by atoms with Crippen molar-refractivity contribution >= 4 is 29.1 Å². The molecule has 2 N–H and O–H groups in total. The number of anilines is 2. The number of ether oxygens (including phenoxy) is 1. The largest absolute Gasteiger partial charge is 0.465 e. The molecule has 1 aromatic carbocycles. The number of nitrogens with zero attached hydrogens (tertiary/aromatic N) is 1. The Bertz CT molecular complexity index is 514. The first kappa shape index (κ1) is 15.0. The van der Waals surface area contributed by atoms with E-state index in [9.17, 15) is 9.18 Å². The second kappa shape index (κ2) is 5.91. The average Bonchev–Trinajstić information content (AvgIpc) is 2.36. The zero-order chi connectivity index (χ0) is 14.9. The fourth-order valence-electron chi connectivity index (χ4n) is 2.48. The van der Waals surface area contributed by atoms with Crippen LogP contribution in [0.25, 0.3) is 0 Å². The van der Waals surface area contributed by atoms with Crippen molar-refractivity contribution in [1.29, 1.82) is 0 Å². The van der Waals surface area contributed by atoms with Crippen molar-refractivity contribution in [2.24, 2.45) is 0 Å². The number of benzene rings is 1. The van der Waals surface area contributed by atoms with Gasteiger partial charge in [0.05, 0.1) is 18.4 Å². The lowest BCUT2D eigenvalue weighted by Gasteiger charge is -2.36. The van der Waals surface area contributed by atoms with Gasteiger partial charge in [-0.05, 0) is 12.1 Å². The van der Waals surface area contributed by atoms with E-state index in [0.29, 0.717) is 16.2 Å². The standard InChI is InChI=1S/C14H19FN2O2S/c1-8-6-17(7-9(2)20-8)13-4-10(14(18)19-3)12(16)5-11(13)15/h4-5,8-9H,6-7,16H2,1-3H3. The summed E-state index contributed by atoms with van der Waals surface area (Å²) in [6, 6.07) is 2.69. The lowest BCUT2D eigenvalue weighted by Crippen LogP contribution is -2.41. The molecule has 0 bridgehead atoms. The predicted octanol–water partition coefficient (Wildman–Crippen LogP) is 2.52. The Morgan fingerprint density at radius 3 is 2.55 bits per heavy atom. The summed E-state index contributed by atoms with van der Waals surface area (Å²) in [5.74, 6) is -0.947. The fraction of sp³-hybridized carbons (Fsp3) is 0.500. The van der Waals surface area contributed by atoms with E-state index in [1.54, 1.807) is 0 Å². The summed E-state index contributed by atoms with van der Waals surface area (Å²) in [5, 5.41) is 0.828. The zero-order valence-corrected chi connectivity index (χ0v) is 12.7. The number of nitrogens with two attached hydrogens (primary N) is 1. The van der Waals surface area contributed by atoms with Crippen molar-refractivity contribution in [3.8, 4) is 0 Å². The van der Waals surface area contributed by atoms with Crippen LogP contribution in [0.5, 0.6) is 0 Å². The van der Waals surface area contributed by atoms with E-state index in [-0.39, 0.29) is 11.3 Å². The number of methoxy groups -OCH3 is 1. The number of thioether (sulfide) groups is 1. The smallest absolute Gasteiger partial charge is 0.340 e. The van der Waals surface area contributed by atoms with E-state index in [0.717, 1.165) is 13.1 Å². The van der Waals surface area contributed by atoms with Gasteiger partial charge >= 0.3 is 5.97 Å². The normalized spacial score (nSPS) is 22.7. The van der Waals surface area contributed by atoms with Crippen LogP contribution in [0.1, 0.15) is 24.2 Å². The lowest BCUT2D eigenvalue weighted by molar-refractivity contribution is 0.0602. The maximum absolute atomic E-state index is 14.2. The molecule has 110 valence electrons. The molecule has 1 heterocycles. The molecule has 0 radical (unpaired) electrons. The van der Waals surface area contributed by atoms with Gasteiger partial charge in [0.15, 0.2) is 0 Å². The highest BCUT2D eigenvalue weighted by atomic mass is 32.2. The molecule has 0 saturated carbocycles. The molecule has 0 amide bonds. The quantitative estimate of drug-likeness (QED) is 0.671. The Morgan fingerprint density at radius 2 is 2.00 bits per heavy atom. The van der Waals surface area contributed by atoms with Gasteiger partial charge in [-0.25, -0.2) is 9.18 Å². The first-order valence-corrected chi connectivity index (χ1v) is 7.44. The second-order valence-electron chi connectivity index (χ2n) is 5.04. The van der Waals surface area contributed by atoms with Gasteiger partial charge in [0, 0.05) is 29.3 Å². The van der Waals surface area contributed by atoms with Crippen LogP contribution in [0.4, 0.5) is 15.8 Å². The molecule has 0 spiro atoms. The molecule has 0 aliphatic carbocycles. The van der Waals surface area contributed by atoms with Gasteiger partial charge in [0.1, 0.15) is 5.82 Å². The van der Waals surface area contributed by atoms with Crippen molar-refractivity contribution in [1.82, 2.24) is 0 Å². The highest BCUT2D eigenvalue weighted by Gasteiger charge is 2.26. The minimum absolute atomic E-state index is 0.102. The molecule has 1 saturated heterocycles. The van der Waals surface area contributed by atoms with Crippen LogP contribution >= 0.6 is 11.8 Å². The number of hydrogen-bond acceptors (Lipinski definition) is 5. The maximum Gasteiger partial charge on any atom is 0.340 e. The van der Waals surface area contributed by atoms with Crippen molar-refractivity contribution in [2.75, 3.05) is 30.8 Å². The van der Waals surface area contributed by atoms with Crippen molar-refractivity contribution in [3.05, 3.63) is 23.5 Å². The predicted molar refractivity (Wildman–Crippen MR) is 80.9 cm³/mol. The molecule has 20 heavy (non-hydrogen) atoms. The van der Waals surface area contributed by atoms with Crippen LogP contribution in [0.3, 0.4) is 0 Å². The molecular weight excluding hydrogens is 279 g/mol. The summed E-state index contributed by atoms with van der Waals surface area (Å²) in [5.41, 5.74) is 6.42. The molecule has 1 aliphatic heterocycles. The van der Waals surface area contributed by atoms with Crippen LogP contribution in [0.15, 0.2) is 12.1 Å². The van der Waals surface area contributed by atoms with E-state index >= 15 is 0 Å². The molecule has 6 heteroatoms. The van der Waals surface area contributed by atoms with Crippen molar-refractivity contribution in [2.45, 2.75) is 24.3 Å². The van der Waals surface area contributed by atoms with Crippen LogP contribution in [0, 0.1) is 5.82 Å². The maximum atomic E-state index is 14.2. The molecule has 0 aromatic heterocycles. The van der Waals surface area contributed by atoms with E-state index in [1.165, 1.54) is 19.2 Å². The summed E-state index contributed by atoms with van der Waals surface area (Å²) in [6.45, 7) is 5.72. The van der Waals surface area contributed by atoms with Crippen LogP contribution in [-0.2, 0) is 4.74 Å². The highest BCUT2D eigenvalue weighted by Crippen LogP contribution is 2.32. The first-order valence-electron chi connectivity index (χ1n) is 6.50. The lowest BCUT2D eigenvalue weighted by atomic mass is 10.1. The second-order valence-corrected chi connectivity index (χ2v) is 6.93. The van der Waals surface area contributed by atoms with Crippen LogP contribution < -0.4 is 10.6 Å². The summed E-state index contributed by atoms with van der Waals surface area (Å²) < 4.78 is 18.8. The molecule has 1 aromatic rings. The SMILES string of the molecule is COC(=O)c1cc(N2CC(C)SC(C)C2)c(F)cc1N. The molecule has 2 unspecified atom stereocenters. The Morgan fingerprint density at radius 1 is 1.40 bits per heavy atom. The number of rotatable bonds is 2. The van der Waals surface area contributed by atoms with Gasteiger partial charge in [0.25, 0.3) is 0 Å². The van der Waals surface area contributed by atoms with Crippen molar-refractivity contribution < 1.29 is 13.9 Å². The third kappa shape index (κ3) is 3.00. The van der Waals surface area contributed by atoms with Gasteiger partial charge in [-0.3, -0.25) is 0 Å². The number of esters is 1. The van der Waals surface area contributed by atoms with Crippen LogP contribution in [0.2, 0.25) is 0 Å². The van der Waals surface area contributed by atoms with E-state index in [1.807, 2.05) is 16.7 Å². The zero-order valence-electron chi connectivity index (χ0n) is 11.9. The molecule has 1 aliphatic rings. The Labute approximate surface area is 122 Å². The number of nitrogen functional groups attached to an aromatic ring is 1. The third-order valence-electron chi connectivity index (χ3n) is 3.28. The van der Waals surface area contributed by atoms with E-state index in [2.05, 4.69) is 18.6 Å². The monoisotopic (exact) mass is 298 g/mol. The highest BCUT2D eigenvalue weighted by molar-refractivity contribution is 8.00. The van der Waals surface area contributed by atoms with E-state index in [4.69, 9.17) is 5.73 Å². The van der Waals surface area contributed by atoms with Gasteiger partial charge in [0.2, 0.25) is 0 Å². The Balaban J connectivity index is 2.38. The molecule has 2 rings (SSSR count). The number of carbonyl (C=O) groups is 1. The third-order valence-corrected chi connectivity index (χ3v) is 4.51. The van der Waals surface area contributed by atoms with Gasteiger partial charge in [-0.1, -0.05) is 13.8 Å². The minimum atomic E-state index is -0.545. The van der Waals surface area contributed by atoms with Gasteiger partial charge < -0.3 is 15.4 Å². The summed E-state index contributed by atoms with van der Waals surface area (Å²) in [6.07, 6.45) is 0. The topological polar surface area (TPSA) is 55.6 Å². The van der Waals surface area contributed by atoms with Crippen molar-refractivity contribution in [3.63, 3.8) is 0 Å². The minimum Gasteiger partial charge on any atom is -0.465 e. The Kier molecular flexibility index (Phi) is 4.42. The van der Waals surface area contributed by atoms with E-state index < -0.39 is 11.8 Å². The summed E-state index contributed by atoms with van der Waals surface area (Å²) >= 11 is 1.88. The van der Waals surface area contributed by atoms with Crippen LogP contribution in [-0.4, -0.2) is 36.7 Å². The molecular formula is C14H19FN2O2S. The van der Waals surface area contributed by atoms with Gasteiger partial charge in [-0.15, -0.1) is 0 Å². The first-order chi connectivity index (χ1) is 9.42. The number of carbonyl (C=O) groups excluding carboxylic acids is 1. The van der Waals surface area contributed by atoms with Gasteiger partial charge in [-0.2, -0.15) is 11.8 Å². The average molecular weight is 298 g/mol. The summed E-state index contributed by atoms with van der Waals surface area (Å²) in [4.78, 5) is 13.6. The Hall–Kier alpha value is -1.43. The molecule has 2 atom stereocenters.